The number of hydrogen-bond donors (Lipinski definition) is 2. The van der Waals surface area contributed by atoms with Gasteiger partial charge in [-0.3, -0.25) is 20.4 Å². The molecule has 0 heterocycles. The van der Waals surface area contributed by atoms with Crippen molar-refractivity contribution in [2.24, 2.45) is 0 Å². The predicted octanol–water partition coefficient (Wildman–Crippen LogP) is 2.00. The number of benzene rings is 2. The van der Waals surface area contributed by atoms with Crippen molar-refractivity contribution in [2.45, 2.75) is 32.1 Å². The van der Waals surface area contributed by atoms with E-state index >= 15 is 0 Å². The molecule has 0 aromatic heterocycles. The van der Waals surface area contributed by atoms with Crippen molar-refractivity contribution in [2.75, 3.05) is 12.4 Å². The van der Waals surface area contributed by atoms with Gasteiger partial charge in [-0.2, -0.15) is 0 Å². The molecule has 0 aliphatic rings. The Labute approximate surface area is 165 Å². The van der Waals surface area contributed by atoms with Crippen molar-refractivity contribution < 1.29 is 22.7 Å². The number of carbonyl (C=O) groups excluding carboxylic acids is 2. The molecule has 150 valence electrons. The maximum absolute atomic E-state index is 12.2. The summed E-state index contributed by atoms with van der Waals surface area (Å²) < 4.78 is 29.9. The Hall–Kier alpha value is -2.87. The van der Waals surface area contributed by atoms with Gasteiger partial charge < -0.3 is 4.74 Å². The van der Waals surface area contributed by atoms with E-state index in [0.29, 0.717) is 5.75 Å². The van der Waals surface area contributed by atoms with Gasteiger partial charge in [0, 0.05) is 6.42 Å². The van der Waals surface area contributed by atoms with E-state index in [-0.39, 0.29) is 23.7 Å². The van der Waals surface area contributed by atoms with E-state index in [1.54, 1.807) is 12.1 Å². The lowest BCUT2D eigenvalue weighted by molar-refractivity contribution is -0.129. The highest BCUT2D eigenvalue weighted by Gasteiger charge is 2.16. The molecule has 0 unspecified atom stereocenters. The number of nitrogens with one attached hydrogen (secondary N) is 2. The summed E-state index contributed by atoms with van der Waals surface area (Å²) in [6.45, 7) is 5.33. The van der Waals surface area contributed by atoms with Gasteiger partial charge in [0.05, 0.1) is 10.6 Å². The van der Waals surface area contributed by atoms with Crippen LogP contribution in [0.25, 0.3) is 0 Å². The van der Waals surface area contributed by atoms with Crippen LogP contribution in [0.15, 0.2) is 47.4 Å². The Bertz CT molecular complexity index is 933. The number of amides is 2. The van der Waals surface area contributed by atoms with Gasteiger partial charge in [0.2, 0.25) is 5.91 Å². The van der Waals surface area contributed by atoms with Crippen LogP contribution in [0.3, 0.4) is 0 Å². The summed E-state index contributed by atoms with van der Waals surface area (Å²) in [7, 11) is -3.56. The highest BCUT2D eigenvalue weighted by atomic mass is 32.2. The second kappa shape index (κ2) is 9.36. The lowest BCUT2D eigenvalue weighted by atomic mass is 10.1. The van der Waals surface area contributed by atoms with Crippen LogP contribution in [0.1, 0.15) is 23.1 Å². The Balaban J connectivity index is 1.77. The van der Waals surface area contributed by atoms with E-state index in [2.05, 4.69) is 10.9 Å². The summed E-state index contributed by atoms with van der Waals surface area (Å²) >= 11 is 0. The first-order valence-electron chi connectivity index (χ1n) is 8.75. The largest absolute Gasteiger partial charge is 0.483 e. The molecule has 2 aromatic carbocycles. The Morgan fingerprint density at radius 3 is 2.07 bits per heavy atom. The Morgan fingerprint density at radius 2 is 1.46 bits per heavy atom. The van der Waals surface area contributed by atoms with Gasteiger partial charge in [-0.1, -0.05) is 35.9 Å². The molecule has 0 bridgehead atoms. The number of aryl methyl sites for hydroxylation is 3. The molecule has 2 aromatic rings. The molecule has 28 heavy (non-hydrogen) atoms. The van der Waals surface area contributed by atoms with Crippen LogP contribution in [0.2, 0.25) is 0 Å². The van der Waals surface area contributed by atoms with Crippen LogP contribution >= 0.6 is 0 Å². The van der Waals surface area contributed by atoms with Crippen molar-refractivity contribution in [1.82, 2.24) is 10.9 Å². The normalized spacial score (nSPS) is 11.0. The molecular weight excluding hydrogens is 380 g/mol. The molecule has 7 nitrogen and oxygen atoms in total. The summed E-state index contributed by atoms with van der Waals surface area (Å²) in [5.41, 5.74) is 7.16. The van der Waals surface area contributed by atoms with Crippen LogP contribution in [-0.4, -0.2) is 32.6 Å². The lowest BCUT2D eigenvalue weighted by Crippen LogP contribution is -2.44. The second-order valence-corrected chi connectivity index (χ2v) is 8.60. The quantitative estimate of drug-likeness (QED) is 0.688. The molecule has 2 N–H and O–H groups in total. The first-order valence-corrected chi connectivity index (χ1v) is 10.4. The van der Waals surface area contributed by atoms with Gasteiger partial charge in [0.1, 0.15) is 5.75 Å². The molecule has 0 fully saturated rings. The van der Waals surface area contributed by atoms with Gasteiger partial charge in [0.25, 0.3) is 5.91 Å². The third-order valence-corrected chi connectivity index (χ3v) is 5.81. The first kappa shape index (κ1) is 21.4. The van der Waals surface area contributed by atoms with Crippen molar-refractivity contribution in [3.63, 3.8) is 0 Å². The fourth-order valence-electron chi connectivity index (χ4n) is 2.49. The Morgan fingerprint density at radius 1 is 0.893 bits per heavy atom. The number of sulfone groups is 1. The minimum absolute atomic E-state index is 0.164. The monoisotopic (exact) mass is 404 g/mol. The third kappa shape index (κ3) is 6.09. The maximum Gasteiger partial charge on any atom is 0.276 e. The summed E-state index contributed by atoms with van der Waals surface area (Å²) in [6, 6.07) is 12.0. The van der Waals surface area contributed by atoms with Crippen LogP contribution in [0, 0.1) is 20.8 Å². The van der Waals surface area contributed by atoms with Crippen LogP contribution in [-0.2, 0) is 19.4 Å². The molecule has 0 saturated carbocycles. The minimum atomic E-state index is -3.56. The van der Waals surface area contributed by atoms with Gasteiger partial charge in [0.15, 0.2) is 16.4 Å². The van der Waals surface area contributed by atoms with Gasteiger partial charge >= 0.3 is 0 Å². The van der Waals surface area contributed by atoms with Crippen LogP contribution < -0.4 is 15.6 Å². The fraction of sp³-hybridized carbons (Fsp3) is 0.300. The van der Waals surface area contributed by atoms with Crippen molar-refractivity contribution >= 4 is 21.7 Å². The number of ether oxygens (including phenoxy) is 1. The Kier molecular flexibility index (Phi) is 7.17. The van der Waals surface area contributed by atoms with Crippen molar-refractivity contribution in [3.05, 3.63) is 59.2 Å². The zero-order chi connectivity index (χ0) is 20.7. The second-order valence-electron chi connectivity index (χ2n) is 6.49. The smallest absolute Gasteiger partial charge is 0.276 e. The van der Waals surface area contributed by atoms with Gasteiger partial charge in [-0.05, 0) is 44.0 Å². The number of rotatable bonds is 7. The molecule has 2 amide bonds. The molecule has 0 saturated heterocycles. The highest BCUT2D eigenvalue weighted by Crippen LogP contribution is 2.21. The van der Waals surface area contributed by atoms with E-state index in [4.69, 9.17) is 4.74 Å². The average molecular weight is 404 g/mol. The van der Waals surface area contributed by atoms with Crippen LogP contribution in [0.5, 0.6) is 5.75 Å². The zero-order valence-corrected chi connectivity index (χ0v) is 16.9. The van der Waals surface area contributed by atoms with Crippen molar-refractivity contribution in [3.8, 4) is 5.75 Å². The maximum atomic E-state index is 12.2. The SMILES string of the molecule is Cc1ccc(S(=O)(=O)CCC(=O)NNC(=O)COc2c(C)cccc2C)cc1. The molecule has 2 rings (SSSR count). The minimum Gasteiger partial charge on any atom is -0.483 e. The number of carbonyl (C=O) groups is 2. The lowest BCUT2D eigenvalue weighted by Gasteiger charge is -2.12. The van der Waals surface area contributed by atoms with E-state index in [0.717, 1.165) is 16.7 Å². The molecule has 0 aliphatic heterocycles. The zero-order valence-electron chi connectivity index (χ0n) is 16.1. The first-order chi connectivity index (χ1) is 13.2. The molecular formula is C20H24N2O5S. The average Bonchev–Trinajstić information content (AvgIpc) is 2.65. The highest BCUT2D eigenvalue weighted by molar-refractivity contribution is 7.91. The van der Waals surface area contributed by atoms with E-state index in [1.165, 1.54) is 12.1 Å². The van der Waals surface area contributed by atoms with E-state index < -0.39 is 21.7 Å². The molecule has 0 aliphatic carbocycles. The summed E-state index contributed by atoms with van der Waals surface area (Å²) in [4.78, 5) is 23.8. The summed E-state index contributed by atoms with van der Waals surface area (Å²) in [5.74, 6) is -0.877. The van der Waals surface area contributed by atoms with E-state index in [1.807, 2.05) is 39.0 Å². The standard InChI is InChI=1S/C20H24N2O5S/c1-14-7-9-17(10-8-14)28(25,26)12-11-18(23)21-22-19(24)13-27-20-15(2)5-4-6-16(20)3/h4-10H,11-13H2,1-3H3,(H,21,23)(H,22,24). The number of hydrazine groups is 1. The number of para-hydroxylation sites is 1. The summed E-state index contributed by atoms with van der Waals surface area (Å²) in [5, 5.41) is 0. The van der Waals surface area contributed by atoms with Crippen molar-refractivity contribution in [1.29, 1.82) is 0 Å². The molecule has 0 atom stereocenters. The van der Waals surface area contributed by atoms with Gasteiger partial charge in [-0.15, -0.1) is 0 Å². The van der Waals surface area contributed by atoms with Crippen LogP contribution in [0.4, 0.5) is 0 Å². The summed E-state index contributed by atoms with van der Waals surface area (Å²) in [6.07, 6.45) is -0.270. The van der Waals surface area contributed by atoms with Gasteiger partial charge in [-0.25, -0.2) is 8.42 Å². The fourth-order valence-corrected chi connectivity index (χ4v) is 3.73. The topological polar surface area (TPSA) is 102 Å². The molecule has 8 heteroatoms. The third-order valence-electron chi connectivity index (χ3n) is 4.08. The molecule has 0 spiro atoms. The molecule has 0 radical (unpaired) electrons. The predicted molar refractivity (Wildman–Crippen MR) is 106 cm³/mol. The van der Waals surface area contributed by atoms with E-state index in [9.17, 15) is 18.0 Å². The number of hydrogen-bond acceptors (Lipinski definition) is 5.